The number of fused-ring (bicyclic) bond motifs is 1. The molecule has 4 aromatic rings. The summed E-state index contributed by atoms with van der Waals surface area (Å²) in [4.78, 5) is 43.8. The van der Waals surface area contributed by atoms with Crippen LogP contribution in [0.4, 0.5) is 0 Å². The summed E-state index contributed by atoms with van der Waals surface area (Å²) in [5.41, 5.74) is 2.31. The second-order valence-electron chi connectivity index (χ2n) is 9.26. The molecule has 0 saturated heterocycles. The fourth-order valence-corrected chi connectivity index (χ4v) is 5.64. The number of esters is 2. The molecule has 10 heteroatoms. The molecule has 214 valence electrons. The van der Waals surface area contributed by atoms with Crippen molar-refractivity contribution in [1.82, 2.24) is 4.57 Å². The molecule has 0 fully saturated rings. The summed E-state index contributed by atoms with van der Waals surface area (Å²) < 4.78 is 23.3. The van der Waals surface area contributed by atoms with Gasteiger partial charge in [-0.1, -0.05) is 35.6 Å². The molecule has 1 aliphatic heterocycles. The second-order valence-corrected chi connectivity index (χ2v) is 10.3. The monoisotopic (exact) mass is 584 g/mol. The Morgan fingerprint density at radius 2 is 1.52 bits per heavy atom. The van der Waals surface area contributed by atoms with Crippen LogP contribution in [0.2, 0.25) is 0 Å². The molecule has 3 aromatic carbocycles. The quantitative estimate of drug-likeness (QED) is 0.283. The lowest BCUT2D eigenvalue weighted by atomic mass is 9.96. The van der Waals surface area contributed by atoms with Gasteiger partial charge >= 0.3 is 11.9 Å². The normalized spacial score (nSPS) is 14.6. The van der Waals surface area contributed by atoms with Crippen molar-refractivity contribution < 1.29 is 28.5 Å². The van der Waals surface area contributed by atoms with Gasteiger partial charge in [-0.3, -0.25) is 9.36 Å². The molecule has 1 aromatic heterocycles. The predicted octanol–water partition coefficient (Wildman–Crippen LogP) is 4.39. The van der Waals surface area contributed by atoms with Crippen molar-refractivity contribution in [2.24, 2.45) is 4.99 Å². The number of ether oxygens (including phenoxy) is 4. The van der Waals surface area contributed by atoms with E-state index in [1.807, 2.05) is 12.1 Å². The third-order valence-electron chi connectivity index (χ3n) is 6.64. The summed E-state index contributed by atoms with van der Waals surface area (Å²) in [6.07, 6.45) is 1.73. The zero-order valence-corrected chi connectivity index (χ0v) is 24.3. The summed E-state index contributed by atoms with van der Waals surface area (Å²) in [5, 5.41) is 0. The van der Waals surface area contributed by atoms with Crippen LogP contribution >= 0.6 is 11.3 Å². The van der Waals surface area contributed by atoms with Gasteiger partial charge in [0, 0.05) is 0 Å². The van der Waals surface area contributed by atoms with Gasteiger partial charge in [-0.05, 0) is 79.6 Å². The van der Waals surface area contributed by atoms with Crippen LogP contribution in [-0.4, -0.2) is 37.3 Å². The van der Waals surface area contributed by atoms with Crippen LogP contribution in [0.25, 0.3) is 6.08 Å². The van der Waals surface area contributed by atoms with Gasteiger partial charge in [0.1, 0.15) is 17.2 Å². The molecule has 0 spiro atoms. The first-order chi connectivity index (χ1) is 20.3. The lowest BCUT2D eigenvalue weighted by Crippen LogP contribution is -2.39. The number of allylic oxidation sites excluding steroid dienone is 1. The summed E-state index contributed by atoms with van der Waals surface area (Å²) in [5.74, 6) is 0.975. The molecule has 42 heavy (non-hydrogen) atoms. The van der Waals surface area contributed by atoms with Crippen molar-refractivity contribution in [2.75, 3.05) is 20.8 Å². The first-order valence-electron chi connectivity index (χ1n) is 13.1. The lowest BCUT2D eigenvalue weighted by Gasteiger charge is -2.24. The Balaban J connectivity index is 1.55. The summed E-state index contributed by atoms with van der Waals surface area (Å²) in [6, 6.07) is 20.4. The highest BCUT2D eigenvalue weighted by molar-refractivity contribution is 7.07. The van der Waals surface area contributed by atoms with Crippen LogP contribution in [0.3, 0.4) is 0 Å². The molecule has 0 aliphatic carbocycles. The summed E-state index contributed by atoms with van der Waals surface area (Å²) in [6.45, 7) is 3.65. The number of rotatable bonds is 8. The molecule has 9 nitrogen and oxygen atoms in total. The molecule has 0 bridgehead atoms. The summed E-state index contributed by atoms with van der Waals surface area (Å²) in [7, 11) is 2.92. The maximum atomic E-state index is 13.8. The maximum absolute atomic E-state index is 13.8. The van der Waals surface area contributed by atoms with Gasteiger partial charge in [0.2, 0.25) is 0 Å². The van der Waals surface area contributed by atoms with Crippen molar-refractivity contribution in [3.63, 3.8) is 0 Å². The highest BCUT2D eigenvalue weighted by atomic mass is 32.1. The molecule has 5 rings (SSSR count). The standard InChI is InChI=1S/C32H28N2O7S/c1-5-40-31(37)27-19(2)33-32-34(29(35)26(42-32)18-20-6-8-22(9-7-20)30(36)39-4)28(27)21-10-12-24(13-11-21)41-25-16-14-23(38-3)15-17-25/h6-18,28H,5H2,1-4H3/b26-18-. The Morgan fingerprint density at radius 1 is 0.905 bits per heavy atom. The highest BCUT2D eigenvalue weighted by Gasteiger charge is 2.33. The summed E-state index contributed by atoms with van der Waals surface area (Å²) >= 11 is 1.22. The molecule has 1 unspecified atom stereocenters. The van der Waals surface area contributed by atoms with E-state index in [9.17, 15) is 14.4 Å². The van der Waals surface area contributed by atoms with Crippen LogP contribution < -0.4 is 24.4 Å². The van der Waals surface area contributed by atoms with Gasteiger partial charge < -0.3 is 18.9 Å². The van der Waals surface area contributed by atoms with Gasteiger partial charge in [0.15, 0.2) is 4.80 Å². The number of hydrogen-bond donors (Lipinski definition) is 0. The Kier molecular flexibility index (Phi) is 8.35. The van der Waals surface area contributed by atoms with Crippen LogP contribution in [0.15, 0.2) is 93.9 Å². The highest BCUT2D eigenvalue weighted by Crippen LogP contribution is 2.32. The third-order valence-corrected chi connectivity index (χ3v) is 7.62. The average Bonchev–Trinajstić information content (AvgIpc) is 3.31. The predicted molar refractivity (Wildman–Crippen MR) is 158 cm³/mol. The van der Waals surface area contributed by atoms with E-state index in [0.717, 1.165) is 11.3 Å². The molecule has 0 amide bonds. The maximum Gasteiger partial charge on any atom is 0.338 e. The minimum Gasteiger partial charge on any atom is -0.497 e. The number of benzene rings is 3. The zero-order chi connectivity index (χ0) is 29.8. The molecular formula is C32H28N2O7S. The van der Waals surface area contributed by atoms with E-state index >= 15 is 0 Å². The molecule has 2 heterocycles. The number of aromatic nitrogens is 1. The van der Waals surface area contributed by atoms with Gasteiger partial charge in [-0.15, -0.1) is 0 Å². The van der Waals surface area contributed by atoms with Crippen molar-refractivity contribution in [1.29, 1.82) is 0 Å². The SMILES string of the molecule is CCOC(=O)C1=C(C)N=c2s/c(=C\c3ccc(C(=O)OC)cc3)c(=O)n2C1c1ccc(Oc2ccc(OC)cc2)cc1. The minimum atomic E-state index is -0.751. The average molecular weight is 585 g/mol. The molecule has 1 aliphatic rings. The first-order valence-corrected chi connectivity index (χ1v) is 13.9. The number of carbonyl (C=O) groups excluding carboxylic acids is 2. The Bertz CT molecular complexity index is 1840. The molecular weight excluding hydrogens is 556 g/mol. The lowest BCUT2D eigenvalue weighted by molar-refractivity contribution is -0.139. The molecule has 0 radical (unpaired) electrons. The number of nitrogens with zero attached hydrogens (tertiary/aromatic N) is 2. The van der Waals surface area contributed by atoms with Gasteiger partial charge in [0.25, 0.3) is 5.56 Å². The number of thiazole rings is 1. The largest absolute Gasteiger partial charge is 0.497 e. The number of carbonyl (C=O) groups is 2. The van der Waals surface area contributed by atoms with Crippen molar-refractivity contribution in [2.45, 2.75) is 19.9 Å². The molecule has 1 atom stereocenters. The Labute approximate surface area is 245 Å². The van der Waals surface area contributed by atoms with E-state index in [4.69, 9.17) is 18.9 Å². The van der Waals surface area contributed by atoms with E-state index < -0.39 is 18.0 Å². The van der Waals surface area contributed by atoms with Crippen LogP contribution in [0.1, 0.15) is 41.4 Å². The van der Waals surface area contributed by atoms with E-state index in [1.54, 1.807) is 87.7 Å². The van der Waals surface area contributed by atoms with E-state index in [-0.39, 0.29) is 12.2 Å². The Morgan fingerprint density at radius 3 is 2.12 bits per heavy atom. The van der Waals surface area contributed by atoms with Gasteiger partial charge in [0.05, 0.1) is 48.2 Å². The first kappa shape index (κ1) is 28.6. The second kappa shape index (κ2) is 12.3. The third kappa shape index (κ3) is 5.75. The number of hydrogen-bond acceptors (Lipinski definition) is 9. The number of methoxy groups -OCH3 is 2. The minimum absolute atomic E-state index is 0.183. The zero-order valence-electron chi connectivity index (χ0n) is 23.5. The Hall–Kier alpha value is -4.96. The fourth-order valence-electron chi connectivity index (χ4n) is 4.59. The van der Waals surface area contributed by atoms with Gasteiger partial charge in [-0.2, -0.15) is 0 Å². The van der Waals surface area contributed by atoms with Gasteiger partial charge in [-0.25, -0.2) is 14.6 Å². The van der Waals surface area contributed by atoms with Crippen molar-refractivity contribution >= 4 is 29.4 Å². The van der Waals surface area contributed by atoms with Crippen molar-refractivity contribution in [3.05, 3.63) is 120 Å². The smallest absolute Gasteiger partial charge is 0.338 e. The van der Waals surface area contributed by atoms with E-state index in [2.05, 4.69) is 4.99 Å². The van der Waals surface area contributed by atoms with E-state index in [0.29, 0.717) is 43.2 Å². The van der Waals surface area contributed by atoms with E-state index in [1.165, 1.54) is 23.0 Å². The van der Waals surface area contributed by atoms with Crippen LogP contribution in [-0.2, 0) is 14.3 Å². The molecule has 0 saturated carbocycles. The fraction of sp³-hybridized carbons (Fsp3) is 0.188. The van der Waals surface area contributed by atoms with Crippen LogP contribution in [0, 0.1) is 0 Å². The van der Waals surface area contributed by atoms with Crippen molar-refractivity contribution in [3.8, 4) is 17.2 Å². The van der Waals surface area contributed by atoms with Crippen LogP contribution in [0.5, 0.6) is 17.2 Å². The molecule has 0 N–H and O–H groups in total. The topological polar surface area (TPSA) is 105 Å².